The van der Waals surface area contributed by atoms with Crippen molar-refractivity contribution < 1.29 is 36.7 Å². The molecule has 2 aromatic rings. The molecule has 29 heavy (non-hydrogen) atoms. The molecule has 0 aliphatic carbocycles. The largest absolute Gasteiger partial charge is 0.416 e. The van der Waals surface area contributed by atoms with Gasteiger partial charge in [-0.2, -0.15) is 13.2 Å². The molecule has 158 valence electrons. The van der Waals surface area contributed by atoms with Crippen LogP contribution in [-0.2, 0) is 4.84 Å². The van der Waals surface area contributed by atoms with Crippen LogP contribution in [0, 0.1) is 22.1 Å². The van der Waals surface area contributed by atoms with Crippen molar-refractivity contribution in [3.8, 4) is 0 Å². The Bertz CT molecular complexity index is 927. The third kappa shape index (κ3) is 5.99. The van der Waals surface area contributed by atoms with Gasteiger partial charge in [0, 0.05) is 9.26 Å². The highest BCUT2D eigenvalue weighted by molar-refractivity contribution is 14.1. The molecule has 0 radical (unpaired) electrons. The first-order chi connectivity index (χ1) is 13.4. The van der Waals surface area contributed by atoms with E-state index in [1.54, 1.807) is 30.6 Å². The highest BCUT2D eigenvalue weighted by atomic mass is 127. The molecule has 1 unspecified atom stereocenters. The molecule has 12 heteroatoms. The summed E-state index contributed by atoms with van der Waals surface area (Å²) in [6.45, 7) is 0.429. The Morgan fingerprint density at radius 3 is 2.52 bits per heavy atom. The van der Waals surface area contributed by atoms with E-state index in [0.717, 1.165) is 9.64 Å². The van der Waals surface area contributed by atoms with Crippen LogP contribution in [0.4, 0.5) is 33.3 Å². The summed E-state index contributed by atoms with van der Waals surface area (Å²) in [7, 11) is 0. The third-order valence-electron chi connectivity index (χ3n) is 3.64. The Hall–Kier alpha value is -1.51. The topological polar surface area (TPSA) is 70.6 Å². The average molecular weight is 595 g/mol. The Labute approximate surface area is 183 Å². The number of amides is 1. The molecule has 0 aliphatic heterocycles. The van der Waals surface area contributed by atoms with Crippen molar-refractivity contribution in [2.45, 2.75) is 19.2 Å². The molecule has 0 heterocycles. The van der Waals surface area contributed by atoms with E-state index in [4.69, 9.17) is 5.11 Å². The van der Waals surface area contributed by atoms with Gasteiger partial charge in [-0.15, -0.1) is 0 Å². The van der Waals surface area contributed by atoms with Crippen LogP contribution in [0.1, 0.15) is 15.9 Å². The number of hydrogen-bond donors (Lipinski definition) is 3. The standard InChI is InChI=1S/C17H13BrF5IN2O3/c1-7-4-8(24)2-3-11(7)25-15-9(5-10(18)13(19)14(15)20)16(28)26-29-6-12(27)17(21,22)23/h2-5,12,25,27H,6H2,1H3,(H,26,28). The third-order valence-corrected chi connectivity index (χ3v) is 4.89. The predicted octanol–water partition coefficient (Wildman–Crippen LogP) is 4.97. The van der Waals surface area contributed by atoms with Crippen LogP contribution < -0.4 is 10.8 Å². The van der Waals surface area contributed by atoms with E-state index in [0.29, 0.717) is 11.3 Å². The molecule has 0 aromatic heterocycles. The lowest BCUT2D eigenvalue weighted by Gasteiger charge is -2.17. The number of anilines is 2. The first-order valence-corrected chi connectivity index (χ1v) is 9.66. The molecule has 0 saturated heterocycles. The highest BCUT2D eigenvalue weighted by Crippen LogP contribution is 2.32. The predicted molar refractivity (Wildman–Crippen MR) is 107 cm³/mol. The van der Waals surface area contributed by atoms with Gasteiger partial charge in [-0.05, 0) is 75.3 Å². The van der Waals surface area contributed by atoms with Crippen LogP contribution in [0.3, 0.4) is 0 Å². The molecule has 2 rings (SSSR count). The zero-order valence-electron chi connectivity index (χ0n) is 14.5. The SMILES string of the molecule is Cc1cc(I)ccc1Nc1c(C(=O)NOCC(O)C(F)(F)F)cc(Br)c(F)c1F. The van der Waals surface area contributed by atoms with Crippen LogP contribution in [0.2, 0.25) is 0 Å². The van der Waals surface area contributed by atoms with E-state index in [1.807, 2.05) is 0 Å². The summed E-state index contributed by atoms with van der Waals surface area (Å²) >= 11 is 4.84. The van der Waals surface area contributed by atoms with E-state index >= 15 is 0 Å². The number of nitrogens with one attached hydrogen (secondary N) is 2. The molecule has 0 aliphatic rings. The molecule has 2 aromatic carbocycles. The molecule has 0 spiro atoms. The van der Waals surface area contributed by atoms with Gasteiger partial charge in [0.1, 0.15) is 6.61 Å². The van der Waals surface area contributed by atoms with Gasteiger partial charge in [0.25, 0.3) is 5.91 Å². The zero-order chi connectivity index (χ0) is 21.9. The number of benzene rings is 2. The average Bonchev–Trinajstić information content (AvgIpc) is 2.62. The molecule has 1 amide bonds. The number of carbonyl (C=O) groups is 1. The van der Waals surface area contributed by atoms with Gasteiger partial charge in [-0.1, -0.05) is 0 Å². The number of aliphatic hydroxyl groups excluding tert-OH is 1. The van der Waals surface area contributed by atoms with Crippen LogP contribution in [-0.4, -0.2) is 29.9 Å². The van der Waals surface area contributed by atoms with Crippen molar-refractivity contribution in [2.75, 3.05) is 11.9 Å². The smallest absolute Gasteiger partial charge is 0.381 e. The van der Waals surface area contributed by atoms with Gasteiger partial charge in [0.2, 0.25) is 0 Å². The van der Waals surface area contributed by atoms with Crippen molar-refractivity contribution in [3.63, 3.8) is 0 Å². The molecule has 1 atom stereocenters. The van der Waals surface area contributed by atoms with E-state index in [2.05, 4.69) is 48.7 Å². The van der Waals surface area contributed by atoms with Crippen molar-refractivity contribution >= 4 is 55.8 Å². The molecule has 0 bridgehead atoms. The summed E-state index contributed by atoms with van der Waals surface area (Å²) < 4.78 is 65.8. The van der Waals surface area contributed by atoms with E-state index < -0.39 is 47.7 Å². The second-order valence-corrected chi connectivity index (χ2v) is 7.89. The van der Waals surface area contributed by atoms with Crippen LogP contribution >= 0.6 is 38.5 Å². The Kier molecular flexibility index (Phi) is 7.81. The number of rotatable bonds is 6. The molecule has 0 fully saturated rings. The highest BCUT2D eigenvalue weighted by Gasteiger charge is 2.38. The second kappa shape index (κ2) is 9.53. The van der Waals surface area contributed by atoms with Crippen LogP contribution in [0.25, 0.3) is 0 Å². The van der Waals surface area contributed by atoms with Gasteiger partial charge in [-0.3, -0.25) is 9.63 Å². The molecule has 3 N–H and O–H groups in total. The lowest BCUT2D eigenvalue weighted by atomic mass is 10.1. The normalized spacial score (nSPS) is 12.6. The minimum absolute atomic E-state index is 0.375. The fourth-order valence-corrected chi connectivity index (χ4v) is 3.18. The molecule has 5 nitrogen and oxygen atoms in total. The van der Waals surface area contributed by atoms with Crippen LogP contribution in [0.15, 0.2) is 28.7 Å². The Morgan fingerprint density at radius 2 is 1.93 bits per heavy atom. The number of hydroxylamine groups is 1. The first kappa shape index (κ1) is 23.8. The van der Waals surface area contributed by atoms with Gasteiger partial charge in [-0.25, -0.2) is 14.3 Å². The number of hydrogen-bond acceptors (Lipinski definition) is 4. The second-order valence-electron chi connectivity index (χ2n) is 5.79. The maximum absolute atomic E-state index is 14.5. The van der Waals surface area contributed by atoms with Gasteiger partial charge in [0.05, 0.1) is 15.7 Å². The number of alkyl halides is 3. The monoisotopic (exact) mass is 594 g/mol. The summed E-state index contributed by atoms with van der Waals surface area (Å²) in [5, 5.41) is 11.5. The Balaban J connectivity index is 2.30. The first-order valence-electron chi connectivity index (χ1n) is 7.79. The summed E-state index contributed by atoms with van der Waals surface area (Å²) in [6.07, 6.45) is -7.77. The minimum Gasteiger partial charge on any atom is -0.381 e. The molecular weight excluding hydrogens is 582 g/mol. The van der Waals surface area contributed by atoms with Crippen molar-refractivity contribution in [1.29, 1.82) is 0 Å². The fourth-order valence-electron chi connectivity index (χ4n) is 2.13. The van der Waals surface area contributed by atoms with Crippen molar-refractivity contribution in [2.24, 2.45) is 0 Å². The number of carbonyl (C=O) groups excluding carboxylic acids is 1. The Morgan fingerprint density at radius 1 is 1.28 bits per heavy atom. The van der Waals surface area contributed by atoms with Crippen LogP contribution in [0.5, 0.6) is 0 Å². The number of aliphatic hydroxyl groups is 1. The van der Waals surface area contributed by atoms with Crippen molar-refractivity contribution in [1.82, 2.24) is 5.48 Å². The molecular formula is C17H13BrF5IN2O3. The summed E-state index contributed by atoms with van der Waals surface area (Å²) in [6, 6.07) is 6.00. The molecule has 0 saturated carbocycles. The zero-order valence-corrected chi connectivity index (χ0v) is 18.2. The minimum atomic E-state index is -4.94. The van der Waals surface area contributed by atoms with Crippen molar-refractivity contribution in [3.05, 3.63) is 55.1 Å². The maximum atomic E-state index is 14.5. The summed E-state index contributed by atoms with van der Waals surface area (Å²) in [5.74, 6) is -3.79. The van der Waals surface area contributed by atoms with Gasteiger partial charge < -0.3 is 10.4 Å². The number of aryl methyl sites for hydroxylation is 1. The van der Waals surface area contributed by atoms with Gasteiger partial charge in [0.15, 0.2) is 17.7 Å². The fraction of sp³-hybridized carbons (Fsp3) is 0.235. The van der Waals surface area contributed by atoms with E-state index in [-0.39, 0.29) is 4.47 Å². The number of halogens is 7. The van der Waals surface area contributed by atoms with Gasteiger partial charge >= 0.3 is 6.18 Å². The lowest BCUT2D eigenvalue weighted by molar-refractivity contribution is -0.221. The van der Waals surface area contributed by atoms with E-state index in [1.165, 1.54) is 0 Å². The van der Waals surface area contributed by atoms with E-state index in [9.17, 15) is 26.7 Å². The maximum Gasteiger partial charge on any atom is 0.416 e. The quantitative estimate of drug-likeness (QED) is 0.191. The summed E-state index contributed by atoms with van der Waals surface area (Å²) in [5.41, 5.74) is 1.77. The summed E-state index contributed by atoms with van der Waals surface area (Å²) in [4.78, 5) is 16.7. The lowest BCUT2D eigenvalue weighted by Crippen LogP contribution is -2.36.